The van der Waals surface area contributed by atoms with Crippen LogP contribution < -0.4 is 15.5 Å². The molecule has 0 radical (unpaired) electrons. The number of Topliss-reactive ketones (excluding diaryl/α,β-unsaturated/α-hetero) is 1. The van der Waals surface area contributed by atoms with Crippen molar-refractivity contribution in [3.05, 3.63) is 94.5 Å². The Morgan fingerprint density at radius 1 is 1.12 bits per heavy atom. The molecule has 174 valence electrons. The Balaban J connectivity index is 1.69. The van der Waals surface area contributed by atoms with Gasteiger partial charge in [-0.05, 0) is 54.8 Å². The Kier molecular flexibility index (Phi) is 6.16. The van der Waals surface area contributed by atoms with Crippen molar-refractivity contribution in [2.75, 3.05) is 16.8 Å². The van der Waals surface area contributed by atoms with E-state index in [0.717, 1.165) is 29.1 Å². The summed E-state index contributed by atoms with van der Waals surface area (Å²) in [7, 11) is 0. The number of halogens is 1. The zero-order chi connectivity index (χ0) is 23.7. The monoisotopic (exact) mass is 475 g/mol. The quantitative estimate of drug-likeness (QED) is 0.456. The van der Waals surface area contributed by atoms with Gasteiger partial charge in [-0.15, -0.1) is 0 Å². The number of amides is 2. The number of hydrogen-bond acceptors (Lipinski definition) is 4. The molecule has 2 aromatic carbocycles. The molecule has 0 bridgehead atoms. The highest BCUT2D eigenvalue weighted by molar-refractivity contribution is 6.30. The molecule has 1 aliphatic heterocycles. The van der Waals surface area contributed by atoms with E-state index in [4.69, 9.17) is 16.0 Å². The van der Waals surface area contributed by atoms with Gasteiger partial charge in [-0.3, -0.25) is 9.69 Å². The van der Waals surface area contributed by atoms with E-state index >= 15 is 0 Å². The van der Waals surface area contributed by atoms with Crippen LogP contribution >= 0.6 is 11.6 Å². The number of fused-ring (bicyclic) bond motifs is 1. The number of carbonyl (C=O) groups is 2. The average Bonchev–Trinajstić information content (AvgIpc) is 3.33. The van der Waals surface area contributed by atoms with Crippen molar-refractivity contribution in [1.29, 1.82) is 0 Å². The number of nitrogens with one attached hydrogen (secondary N) is 2. The second-order valence-corrected chi connectivity index (χ2v) is 9.07. The van der Waals surface area contributed by atoms with E-state index < -0.39 is 6.04 Å². The largest absolute Gasteiger partial charge is 0.469 e. The van der Waals surface area contributed by atoms with Crippen LogP contribution in [0.1, 0.15) is 49.5 Å². The SMILES string of the molecule is CCCNC(=O)N1c2ccccc2NC2=C(C(=O)C[C@H](c3ccco3)C2)[C@H]1c1ccc(Cl)cc1. The molecule has 0 fully saturated rings. The van der Waals surface area contributed by atoms with Gasteiger partial charge in [-0.2, -0.15) is 0 Å². The fraction of sp³-hybridized carbons (Fsp3) is 0.259. The number of benzene rings is 2. The molecule has 1 aromatic heterocycles. The molecule has 0 saturated heterocycles. The molecule has 1 aliphatic carbocycles. The van der Waals surface area contributed by atoms with Crippen LogP contribution in [0, 0.1) is 0 Å². The number of nitrogens with zero attached hydrogens (tertiary/aromatic N) is 1. The average molecular weight is 476 g/mol. The molecule has 2 N–H and O–H groups in total. The van der Waals surface area contributed by atoms with Gasteiger partial charge in [0, 0.05) is 35.2 Å². The molecular formula is C27H26ClN3O3. The summed E-state index contributed by atoms with van der Waals surface area (Å²) < 4.78 is 5.64. The van der Waals surface area contributed by atoms with Gasteiger partial charge < -0.3 is 15.1 Å². The fourth-order valence-electron chi connectivity index (χ4n) is 4.82. The highest BCUT2D eigenvalue weighted by Gasteiger charge is 2.42. The van der Waals surface area contributed by atoms with E-state index in [2.05, 4.69) is 10.6 Å². The Hall–Kier alpha value is -3.51. The summed E-state index contributed by atoms with van der Waals surface area (Å²) >= 11 is 6.18. The van der Waals surface area contributed by atoms with Crippen molar-refractivity contribution < 1.29 is 14.0 Å². The molecule has 6 nitrogen and oxygen atoms in total. The minimum absolute atomic E-state index is 0.00352. The number of anilines is 2. The van der Waals surface area contributed by atoms with Crippen LogP contribution in [0.2, 0.25) is 5.02 Å². The second-order valence-electron chi connectivity index (χ2n) is 8.63. The standard InChI is InChI=1S/C27H26ClN3O3/c1-2-13-29-27(33)31-22-7-4-3-6-20(22)30-21-15-18(24-8-5-14-34-24)16-23(32)25(21)26(31)17-9-11-19(28)12-10-17/h3-12,14,18,26,30H,2,13,15-16H2,1H3,(H,29,33)/t18-,26-/m1/s1. The van der Waals surface area contributed by atoms with E-state index in [1.807, 2.05) is 55.5 Å². The van der Waals surface area contributed by atoms with Crippen LogP contribution in [0.3, 0.4) is 0 Å². The minimum atomic E-state index is -0.592. The zero-order valence-corrected chi connectivity index (χ0v) is 19.6. The molecule has 7 heteroatoms. The predicted molar refractivity (Wildman–Crippen MR) is 133 cm³/mol. The summed E-state index contributed by atoms with van der Waals surface area (Å²) in [5.74, 6) is 0.725. The number of hydrogen-bond donors (Lipinski definition) is 2. The number of para-hydroxylation sites is 2. The Bertz CT molecular complexity index is 1230. The van der Waals surface area contributed by atoms with Crippen molar-refractivity contribution in [2.45, 2.75) is 38.1 Å². The van der Waals surface area contributed by atoms with Crippen LogP contribution in [0.5, 0.6) is 0 Å². The molecule has 0 unspecified atom stereocenters. The first-order chi connectivity index (χ1) is 16.6. The highest BCUT2D eigenvalue weighted by Crippen LogP contribution is 2.47. The summed E-state index contributed by atoms with van der Waals surface area (Å²) in [5.41, 5.74) is 3.74. The van der Waals surface area contributed by atoms with E-state index in [1.165, 1.54) is 0 Å². The van der Waals surface area contributed by atoms with Crippen LogP contribution in [0.25, 0.3) is 0 Å². The fourth-order valence-corrected chi connectivity index (χ4v) is 4.94. The second kappa shape index (κ2) is 9.39. The molecule has 0 saturated carbocycles. The first kappa shape index (κ1) is 22.3. The first-order valence-corrected chi connectivity index (χ1v) is 11.9. The normalized spacial score (nSPS) is 19.7. The van der Waals surface area contributed by atoms with E-state index in [9.17, 15) is 9.59 Å². The smallest absolute Gasteiger partial charge is 0.322 e. The van der Waals surface area contributed by atoms with Crippen LogP contribution in [0.4, 0.5) is 16.2 Å². The maximum Gasteiger partial charge on any atom is 0.322 e. The van der Waals surface area contributed by atoms with E-state index in [0.29, 0.717) is 35.7 Å². The third-order valence-corrected chi connectivity index (χ3v) is 6.62. The van der Waals surface area contributed by atoms with E-state index in [1.54, 1.807) is 23.3 Å². The summed E-state index contributed by atoms with van der Waals surface area (Å²) in [6, 6.07) is 17.9. The highest BCUT2D eigenvalue weighted by atomic mass is 35.5. The summed E-state index contributed by atoms with van der Waals surface area (Å²) in [6.07, 6.45) is 3.37. The number of ketones is 1. The third-order valence-electron chi connectivity index (χ3n) is 6.36. The van der Waals surface area contributed by atoms with Crippen LogP contribution in [-0.2, 0) is 4.79 Å². The molecule has 0 spiro atoms. The van der Waals surface area contributed by atoms with Crippen molar-refractivity contribution in [1.82, 2.24) is 5.32 Å². The van der Waals surface area contributed by atoms with Gasteiger partial charge in [-0.1, -0.05) is 42.8 Å². The molecule has 3 aromatic rings. The summed E-state index contributed by atoms with van der Waals surface area (Å²) in [6.45, 7) is 2.55. The van der Waals surface area contributed by atoms with Crippen molar-refractivity contribution in [3.8, 4) is 0 Å². The summed E-state index contributed by atoms with van der Waals surface area (Å²) in [5, 5.41) is 7.11. The van der Waals surface area contributed by atoms with Crippen molar-refractivity contribution >= 4 is 34.8 Å². The van der Waals surface area contributed by atoms with Crippen LogP contribution in [-0.4, -0.2) is 18.4 Å². The van der Waals surface area contributed by atoms with Gasteiger partial charge >= 0.3 is 6.03 Å². The maximum atomic E-state index is 13.7. The van der Waals surface area contributed by atoms with Gasteiger partial charge in [0.25, 0.3) is 0 Å². The first-order valence-electron chi connectivity index (χ1n) is 11.5. The third kappa shape index (κ3) is 4.10. The lowest BCUT2D eigenvalue weighted by molar-refractivity contribution is -0.116. The van der Waals surface area contributed by atoms with Gasteiger partial charge in [0.15, 0.2) is 5.78 Å². The van der Waals surface area contributed by atoms with Gasteiger partial charge in [-0.25, -0.2) is 4.79 Å². The van der Waals surface area contributed by atoms with Crippen LogP contribution in [0.15, 0.2) is 82.6 Å². The number of furan rings is 1. The lowest BCUT2D eigenvalue weighted by atomic mass is 9.80. The van der Waals surface area contributed by atoms with E-state index in [-0.39, 0.29) is 17.7 Å². The molecular weight excluding hydrogens is 450 g/mol. The Labute approximate surface area is 203 Å². The number of allylic oxidation sites excluding steroid dienone is 1. The minimum Gasteiger partial charge on any atom is -0.469 e. The molecule has 2 heterocycles. The molecule has 5 rings (SSSR count). The van der Waals surface area contributed by atoms with Gasteiger partial charge in [0.2, 0.25) is 0 Å². The lowest BCUT2D eigenvalue weighted by Crippen LogP contribution is -2.44. The summed E-state index contributed by atoms with van der Waals surface area (Å²) in [4.78, 5) is 29.0. The molecule has 2 atom stereocenters. The van der Waals surface area contributed by atoms with Gasteiger partial charge in [0.1, 0.15) is 5.76 Å². The topological polar surface area (TPSA) is 74.6 Å². The molecule has 2 amide bonds. The number of urea groups is 1. The number of carbonyl (C=O) groups excluding carboxylic acids is 2. The Morgan fingerprint density at radius 2 is 1.91 bits per heavy atom. The zero-order valence-electron chi connectivity index (χ0n) is 18.9. The number of rotatable bonds is 4. The van der Waals surface area contributed by atoms with Gasteiger partial charge in [0.05, 0.1) is 23.7 Å². The molecule has 34 heavy (non-hydrogen) atoms. The molecule has 2 aliphatic rings. The lowest BCUT2D eigenvalue weighted by Gasteiger charge is -2.34. The van der Waals surface area contributed by atoms with Crippen molar-refractivity contribution in [3.63, 3.8) is 0 Å². The van der Waals surface area contributed by atoms with Crippen molar-refractivity contribution in [2.24, 2.45) is 0 Å². The predicted octanol–water partition coefficient (Wildman–Crippen LogP) is 6.43. The maximum absolute atomic E-state index is 13.7. The Morgan fingerprint density at radius 3 is 2.65 bits per heavy atom.